The monoisotopic (exact) mass is 222 g/mol. The van der Waals surface area contributed by atoms with E-state index in [9.17, 15) is 4.79 Å². The molecule has 0 aliphatic rings. The summed E-state index contributed by atoms with van der Waals surface area (Å²) in [5.74, 6) is 0. The number of amides is 2. The third-order valence-corrected chi connectivity index (χ3v) is 1.83. The number of carbonyl (C=O) groups is 1. The van der Waals surface area contributed by atoms with Crippen LogP contribution in [0.2, 0.25) is 0 Å². The van der Waals surface area contributed by atoms with Gasteiger partial charge in [0.2, 0.25) is 0 Å². The molecule has 16 heavy (non-hydrogen) atoms. The largest absolute Gasteiger partial charge is 0.338 e. The van der Waals surface area contributed by atoms with Crippen LogP contribution in [0.15, 0.2) is 30.3 Å². The molecule has 0 heterocycles. The zero-order chi connectivity index (χ0) is 12.2. The molecule has 0 fully saturated rings. The lowest BCUT2D eigenvalue weighted by molar-refractivity contribution is 0.240. The van der Waals surface area contributed by atoms with Gasteiger partial charge in [-0.15, -0.1) is 0 Å². The average molecular weight is 222 g/mol. The first-order valence-electron chi connectivity index (χ1n) is 5.88. The molecule has 0 aliphatic heterocycles. The van der Waals surface area contributed by atoms with Crippen LogP contribution in [0.3, 0.4) is 0 Å². The quantitative estimate of drug-likeness (QED) is 0.808. The topological polar surface area (TPSA) is 41.1 Å². The van der Waals surface area contributed by atoms with E-state index in [0.29, 0.717) is 6.54 Å². The van der Waals surface area contributed by atoms with Crippen molar-refractivity contribution in [3.63, 3.8) is 0 Å². The molecule has 2 amide bonds. The van der Waals surface area contributed by atoms with E-state index in [1.165, 1.54) is 0 Å². The summed E-state index contributed by atoms with van der Waals surface area (Å²) in [5, 5.41) is 5.54. The lowest BCUT2D eigenvalue weighted by atomic mass is 10.2. The van der Waals surface area contributed by atoms with Gasteiger partial charge in [-0.3, -0.25) is 0 Å². The van der Waals surface area contributed by atoms with Gasteiger partial charge in [0.1, 0.15) is 0 Å². The summed E-state index contributed by atoms with van der Waals surface area (Å²) in [4.78, 5) is 11.2. The molecule has 2 N–H and O–H groups in total. The van der Waals surface area contributed by atoms with Crippen LogP contribution < -0.4 is 10.6 Å². The van der Waals surface area contributed by atoms with E-state index < -0.39 is 0 Å². The van der Waals surface area contributed by atoms with Gasteiger partial charge in [0.15, 0.2) is 0 Å². The Labute approximate surface area is 98.3 Å². The first-order chi connectivity index (χ1) is 7.83. The Kier molecular flexibility index (Phi) is 9.08. The predicted molar refractivity (Wildman–Crippen MR) is 68.3 cm³/mol. The Hall–Kier alpha value is -1.51. The number of urea groups is 1. The lowest BCUT2D eigenvalue weighted by Crippen LogP contribution is -2.35. The van der Waals surface area contributed by atoms with E-state index in [4.69, 9.17) is 0 Å². The Bertz CT molecular complexity index is 273. The summed E-state index contributed by atoms with van der Waals surface area (Å²) < 4.78 is 0. The zero-order valence-corrected chi connectivity index (χ0v) is 10.4. The van der Waals surface area contributed by atoms with E-state index in [1.54, 1.807) is 0 Å². The minimum atomic E-state index is -0.101. The Balaban J connectivity index is 0.00000106. The molecule has 1 rings (SSSR count). The van der Waals surface area contributed by atoms with Crippen LogP contribution in [0.5, 0.6) is 0 Å². The van der Waals surface area contributed by atoms with Crippen molar-refractivity contribution in [1.29, 1.82) is 0 Å². The number of hydrogen-bond acceptors (Lipinski definition) is 1. The minimum absolute atomic E-state index is 0.101. The summed E-state index contributed by atoms with van der Waals surface area (Å²) in [7, 11) is 0. The normalized spacial score (nSPS) is 8.69. The molecular weight excluding hydrogens is 200 g/mol. The van der Waals surface area contributed by atoms with Crippen molar-refractivity contribution in [2.45, 2.75) is 33.7 Å². The van der Waals surface area contributed by atoms with Crippen LogP contribution in [-0.4, -0.2) is 12.6 Å². The molecule has 90 valence electrons. The average Bonchev–Trinajstić information content (AvgIpc) is 2.37. The highest BCUT2D eigenvalue weighted by Gasteiger charge is 1.97. The number of carbonyl (C=O) groups excluding carboxylic acids is 1. The van der Waals surface area contributed by atoms with Crippen molar-refractivity contribution < 1.29 is 4.79 Å². The van der Waals surface area contributed by atoms with Gasteiger partial charge in [-0.1, -0.05) is 51.1 Å². The summed E-state index contributed by atoms with van der Waals surface area (Å²) in [5.41, 5.74) is 1.11. The Morgan fingerprint density at radius 1 is 1.12 bits per heavy atom. The van der Waals surface area contributed by atoms with Crippen molar-refractivity contribution >= 4 is 6.03 Å². The van der Waals surface area contributed by atoms with Crippen LogP contribution in [0.4, 0.5) is 4.79 Å². The smallest absolute Gasteiger partial charge is 0.315 e. The first-order valence-corrected chi connectivity index (χ1v) is 5.88. The molecule has 0 saturated carbocycles. The third kappa shape index (κ3) is 6.87. The van der Waals surface area contributed by atoms with E-state index in [-0.39, 0.29) is 6.03 Å². The van der Waals surface area contributed by atoms with E-state index in [1.807, 2.05) is 51.1 Å². The van der Waals surface area contributed by atoms with Crippen molar-refractivity contribution in [3.8, 4) is 0 Å². The van der Waals surface area contributed by atoms with E-state index >= 15 is 0 Å². The fourth-order valence-corrected chi connectivity index (χ4v) is 1.08. The summed E-state index contributed by atoms with van der Waals surface area (Å²) >= 11 is 0. The van der Waals surface area contributed by atoms with Gasteiger partial charge in [-0.25, -0.2) is 4.79 Å². The van der Waals surface area contributed by atoms with Crippen molar-refractivity contribution in [2.24, 2.45) is 0 Å². The second-order valence-corrected chi connectivity index (χ2v) is 3.10. The van der Waals surface area contributed by atoms with Gasteiger partial charge in [-0.2, -0.15) is 0 Å². The zero-order valence-electron chi connectivity index (χ0n) is 10.4. The van der Waals surface area contributed by atoms with Crippen molar-refractivity contribution in [1.82, 2.24) is 10.6 Å². The van der Waals surface area contributed by atoms with Crippen LogP contribution in [-0.2, 0) is 6.54 Å². The van der Waals surface area contributed by atoms with Crippen LogP contribution in [0, 0.1) is 0 Å². The van der Waals surface area contributed by atoms with Gasteiger partial charge >= 0.3 is 6.03 Å². The summed E-state index contributed by atoms with van der Waals surface area (Å²) in [6, 6.07) is 9.75. The molecule has 0 spiro atoms. The van der Waals surface area contributed by atoms with Gasteiger partial charge in [0, 0.05) is 13.1 Å². The van der Waals surface area contributed by atoms with E-state index in [0.717, 1.165) is 18.5 Å². The Morgan fingerprint density at radius 2 is 1.75 bits per heavy atom. The second-order valence-electron chi connectivity index (χ2n) is 3.10. The molecule has 3 heteroatoms. The predicted octanol–water partition coefficient (Wildman–Crippen LogP) is 2.92. The fourth-order valence-electron chi connectivity index (χ4n) is 1.08. The van der Waals surface area contributed by atoms with Crippen LogP contribution in [0.1, 0.15) is 32.8 Å². The van der Waals surface area contributed by atoms with Crippen molar-refractivity contribution in [3.05, 3.63) is 35.9 Å². The second kappa shape index (κ2) is 10.0. The molecule has 1 aromatic rings. The molecule has 3 nitrogen and oxygen atoms in total. The summed E-state index contributed by atoms with van der Waals surface area (Å²) in [6.07, 6.45) is 0.957. The molecule has 0 aliphatic carbocycles. The first kappa shape index (κ1) is 14.5. The van der Waals surface area contributed by atoms with Gasteiger partial charge in [0.25, 0.3) is 0 Å². The number of nitrogens with one attached hydrogen (secondary N) is 2. The highest BCUT2D eigenvalue weighted by molar-refractivity contribution is 5.73. The lowest BCUT2D eigenvalue weighted by Gasteiger charge is -2.06. The maximum absolute atomic E-state index is 11.2. The molecule has 0 radical (unpaired) electrons. The van der Waals surface area contributed by atoms with Gasteiger partial charge < -0.3 is 10.6 Å². The molecule has 0 aromatic heterocycles. The Morgan fingerprint density at radius 3 is 2.31 bits per heavy atom. The van der Waals surface area contributed by atoms with Gasteiger partial charge in [-0.05, 0) is 12.0 Å². The maximum atomic E-state index is 11.2. The molecule has 1 aromatic carbocycles. The molecule has 0 bridgehead atoms. The fraction of sp³-hybridized carbons (Fsp3) is 0.462. The SMILES string of the molecule is CC.CCCNC(=O)NCc1ccccc1. The van der Waals surface area contributed by atoms with Crippen molar-refractivity contribution in [2.75, 3.05) is 6.54 Å². The van der Waals surface area contributed by atoms with E-state index in [2.05, 4.69) is 10.6 Å². The molecule has 0 saturated heterocycles. The number of hydrogen-bond donors (Lipinski definition) is 2. The molecule has 0 unspecified atom stereocenters. The van der Waals surface area contributed by atoms with Crippen LogP contribution >= 0.6 is 0 Å². The van der Waals surface area contributed by atoms with Gasteiger partial charge in [0.05, 0.1) is 0 Å². The number of benzene rings is 1. The maximum Gasteiger partial charge on any atom is 0.315 e. The minimum Gasteiger partial charge on any atom is -0.338 e. The molecule has 0 atom stereocenters. The standard InChI is InChI=1S/C11H16N2O.C2H6/c1-2-8-12-11(14)13-9-10-6-4-3-5-7-10;1-2/h3-7H,2,8-9H2,1H3,(H2,12,13,14);1-2H3. The molecular formula is C13H22N2O. The third-order valence-electron chi connectivity index (χ3n) is 1.83. The number of rotatable bonds is 4. The highest BCUT2D eigenvalue weighted by Crippen LogP contribution is 1.96. The summed E-state index contributed by atoms with van der Waals surface area (Å²) in [6.45, 7) is 7.33. The highest BCUT2D eigenvalue weighted by atomic mass is 16.2. The van der Waals surface area contributed by atoms with Crippen LogP contribution in [0.25, 0.3) is 0 Å².